The first-order valence-electron chi connectivity index (χ1n) is 9.23. The molecule has 0 heterocycles. The largest absolute Gasteiger partial charge is 0.426 e. The molecule has 0 saturated heterocycles. The smallest absolute Gasteiger partial charge is 0.308 e. The van der Waals surface area contributed by atoms with Gasteiger partial charge in [0.15, 0.2) is 0 Å². The van der Waals surface area contributed by atoms with Crippen LogP contribution >= 0.6 is 0 Å². The Bertz CT molecular complexity index is 762. The Morgan fingerprint density at radius 3 is 1.26 bits per heavy atom. The number of carbonyl (C=O) groups excluding carboxylic acids is 2. The second-order valence-corrected chi connectivity index (χ2v) is 7.12. The summed E-state index contributed by atoms with van der Waals surface area (Å²) in [5.74, 6) is 0.858. The van der Waals surface area contributed by atoms with Crippen LogP contribution in [0.2, 0.25) is 0 Å². The average molecular weight is 368 g/mol. The van der Waals surface area contributed by atoms with Crippen LogP contribution in [0.5, 0.6) is 11.5 Å². The minimum Gasteiger partial charge on any atom is -0.426 e. The van der Waals surface area contributed by atoms with Crippen molar-refractivity contribution in [2.75, 3.05) is 0 Å². The lowest BCUT2D eigenvalue weighted by atomic mass is 9.85. The fourth-order valence-electron chi connectivity index (χ4n) is 3.64. The Hall–Kier alpha value is -2.62. The molecule has 144 valence electrons. The summed E-state index contributed by atoms with van der Waals surface area (Å²) in [6, 6.07) is 8.35. The van der Waals surface area contributed by atoms with Crippen LogP contribution in [0.4, 0.5) is 0 Å². The Labute approximate surface area is 161 Å². The molecule has 0 fully saturated rings. The third-order valence-electron chi connectivity index (χ3n) is 4.67. The zero-order valence-corrected chi connectivity index (χ0v) is 17.2. The van der Waals surface area contributed by atoms with E-state index in [4.69, 9.17) is 9.47 Å². The van der Waals surface area contributed by atoms with E-state index in [2.05, 4.69) is 31.2 Å². The van der Waals surface area contributed by atoms with Crippen molar-refractivity contribution in [2.24, 2.45) is 0 Å². The monoisotopic (exact) mass is 368 g/mol. The predicted octanol–water partition coefficient (Wildman–Crippen LogP) is 5.31. The van der Waals surface area contributed by atoms with Gasteiger partial charge in [-0.05, 0) is 67.5 Å². The number of benzene rings is 2. The molecule has 0 N–H and O–H groups in total. The lowest BCUT2D eigenvalue weighted by molar-refractivity contribution is -0.132. The molecule has 0 aliphatic carbocycles. The molecule has 0 unspecified atom stereocenters. The first-order valence-corrected chi connectivity index (χ1v) is 9.23. The molecular formula is C23H28O4. The fourth-order valence-corrected chi connectivity index (χ4v) is 3.64. The van der Waals surface area contributed by atoms with Crippen molar-refractivity contribution in [1.29, 1.82) is 0 Å². The van der Waals surface area contributed by atoms with Crippen molar-refractivity contribution in [2.45, 2.75) is 60.8 Å². The number of hydrogen-bond donors (Lipinski definition) is 0. The van der Waals surface area contributed by atoms with Crippen LogP contribution < -0.4 is 9.47 Å². The maximum atomic E-state index is 11.3. The Morgan fingerprint density at radius 1 is 0.741 bits per heavy atom. The van der Waals surface area contributed by atoms with Crippen LogP contribution in [-0.4, -0.2) is 11.9 Å². The molecular weight excluding hydrogens is 340 g/mol. The summed E-state index contributed by atoms with van der Waals surface area (Å²) in [6.45, 7) is 12.8. The normalized spacial score (nSPS) is 10.8. The van der Waals surface area contributed by atoms with Gasteiger partial charge in [-0.1, -0.05) is 31.2 Å². The highest BCUT2D eigenvalue weighted by Gasteiger charge is 2.19. The molecule has 0 spiro atoms. The molecule has 0 atom stereocenters. The van der Waals surface area contributed by atoms with Gasteiger partial charge < -0.3 is 9.47 Å². The standard InChI is InChI=1S/C23H28O4/c1-8-21(19-9-13(2)22(14(3)10-19)26-17(6)24)20-11-15(4)23(16(5)12-20)27-18(7)25/h9-12,21H,8H2,1-7H3. The van der Waals surface area contributed by atoms with Crippen molar-refractivity contribution in [3.8, 4) is 11.5 Å². The van der Waals surface area contributed by atoms with E-state index < -0.39 is 0 Å². The molecule has 0 radical (unpaired) electrons. The second-order valence-electron chi connectivity index (χ2n) is 7.12. The molecule has 0 saturated carbocycles. The van der Waals surface area contributed by atoms with Gasteiger partial charge in [0.05, 0.1) is 0 Å². The van der Waals surface area contributed by atoms with E-state index in [1.807, 2.05) is 27.7 Å². The molecule has 0 bridgehead atoms. The van der Waals surface area contributed by atoms with Gasteiger partial charge in [-0.25, -0.2) is 0 Å². The first-order chi connectivity index (χ1) is 12.6. The molecule has 2 rings (SSSR count). The van der Waals surface area contributed by atoms with Crippen LogP contribution in [0, 0.1) is 27.7 Å². The summed E-state index contributed by atoms with van der Waals surface area (Å²) in [7, 11) is 0. The van der Waals surface area contributed by atoms with E-state index in [0.29, 0.717) is 11.5 Å². The SMILES string of the molecule is CCC(c1cc(C)c(OC(C)=O)c(C)c1)c1cc(C)c(OC(C)=O)c(C)c1. The highest BCUT2D eigenvalue weighted by Crippen LogP contribution is 2.36. The summed E-state index contributed by atoms with van der Waals surface area (Å²) < 4.78 is 10.7. The zero-order chi connectivity index (χ0) is 20.3. The topological polar surface area (TPSA) is 52.6 Å². The molecule has 4 heteroatoms. The van der Waals surface area contributed by atoms with Gasteiger partial charge in [-0.15, -0.1) is 0 Å². The minimum absolute atomic E-state index is 0.206. The summed E-state index contributed by atoms with van der Waals surface area (Å²) >= 11 is 0. The average Bonchev–Trinajstić information content (AvgIpc) is 2.55. The number of carbonyl (C=O) groups is 2. The van der Waals surface area contributed by atoms with Gasteiger partial charge >= 0.3 is 11.9 Å². The Morgan fingerprint density at radius 2 is 1.04 bits per heavy atom. The van der Waals surface area contributed by atoms with Gasteiger partial charge in [0.2, 0.25) is 0 Å². The van der Waals surface area contributed by atoms with Gasteiger partial charge in [0.25, 0.3) is 0 Å². The van der Waals surface area contributed by atoms with E-state index >= 15 is 0 Å². The van der Waals surface area contributed by atoms with E-state index in [1.54, 1.807) is 0 Å². The van der Waals surface area contributed by atoms with Gasteiger partial charge in [-0.2, -0.15) is 0 Å². The highest BCUT2D eigenvalue weighted by atomic mass is 16.5. The van der Waals surface area contributed by atoms with Crippen LogP contribution in [0.15, 0.2) is 24.3 Å². The lowest BCUT2D eigenvalue weighted by Crippen LogP contribution is -2.08. The maximum Gasteiger partial charge on any atom is 0.308 e. The lowest BCUT2D eigenvalue weighted by Gasteiger charge is -2.21. The van der Waals surface area contributed by atoms with Crippen LogP contribution in [-0.2, 0) is 9.59 Å². The maximum absolute atomic E-state index is 11.3. The molecule has 4 nitrogen and oxygen atoms in total. The Kier molecular flexibility index (Phi) is 6.42. The third-order valence-corrected chi connectivity index (χ3v) is 4.67. The van der Waals surface area contributed by atoms with Crippen molar-refractivity contribution >= 4 is 11.9 Å². The number of esters is 2. The second kappa shape index (κ2) is 8.38. The highest BCUT2D eigenvalue weighted by molar-refractivity contribution is 5.71. The number of rotatable bonds is 5. The first kappa shape index (κ1) is 20.7. The van der Waals surface area contributed by atoms with E-state index in [-0.39, 0.29) is 17.9 Å². The number of aryl methyl sites for hydroxylation is 4. The predicted molar refractivity (Wildman–Crippen MR) is 107 cm³/mol. The van der Waals surface area contributed by atoms with Gasteiger partial charge in [-0.3, -0.25) is 9.59 Å². The molecule has 0 aromatic heterocycles. The molecule has 27 heavy (non-hydrogen) atoms. The summed E-state index contributed by atoms with van der Waals surface area (Å²) in [4.78, 5) is 22.7. The van der Waals surface area contributed by atoms with Crippen molar-refractivity contribution in [3.05, 3.63) is 57.6 Å². The number of ether oxygens (including phenoxy) is 2. The van der Waals surface area contributed by atoms with E-state index in [0.717, 1.165) is 28.7 Å². The van der Waals surface area contributed by atoms with Crippen molar-refractivity contribution in [1.82, 2.24) is 0 Å². The van der Waals surface area contributed by atoms with Gasteiger partial charge in [0.1, 0.15) is 11.5 Å². The minimum atomic E-state index is -0.312. The van der Waals surface area contributed by atoms with Crippen LogP contribution in [0.3, 0.4) is 0 Å². The fraction of sp³-hybridized carbons (Fsp3) is 0.391. The molecule has 2 aromatic rings. The zero-order valence-electron chi connectivity index (χ0n) is 17.2. The summed E-state index contributed by atoms with van der Waals surface area (Å²) in [6.07, 6.45) is 0.928. The molecule has 0 amide bonds. The third kappa shape index (κ3) is 4.76. The van der Waals surface area contributed by atoms with E-state index in [1.165, 1.54) is 25.0 Å². The molecule has 2 aromatic carbocycles. The summed E-state index contributed by atoms with van der Waals surface area (Å²) in [5.41, 5.74) is 6.16. The van der Waals surface area contributed by atoms with Crippen LogP contribution in [0.25, 0.3) is 0 Å². The molecule has 0 aliphatic rings. The van der Waals surface area contributed by atoms with E-state index in [9.17, 15) is 9.59 Å². The van der Waals surface area contributed by atoms with Crippen molar-refractivity contribution < 1.29 is 19.1 Å². The van der Waals surface area contributed by atoms with Gasteiger partial charge in [0, 0.05) is 19.8 Å². The summed E-state index contributed by atoms with van der Waals surface area (Å²) in [5, 5.41) is 0. The van der Waals surface area contributed by atoms with Crippen molar-refractivity contribution in [3.63, 3.8) is 0 Å². The quantitative estimate of drug-likeness (QED) is 0.530. The Balaban J connectivity index is 2.48. The molecule has 0 aliphatic heterocycles. The van der Waals surface area contributed by atoms with Crippen LogP contribution in [0.1, 0.15) is 66.5 Å². The number of hydrogen-bond acceptors (Lipinski definition) is 4.